The summed E-state index contributed by atoms with van der Waals surface area (Å²) in [5.74, 6) is 0.0741. The second kappa shape index (κ2) is 6.34. The summed E-state index contributed by atoms with van der Waals surface area (Å²) in [6, 6.07) is 1.80. The monoisotopic (exact) mass is 303 g/mol. The van der Waals surface area contributed by atoms with Gasteiger partial charge in [-0.1, -0.05) is 0 Å². The number of aryl methyl sites for hydroxylation is 3. The van der Waals surface area contributed by atoms with Gasteiger partial charge >= 0.3 is 0 Å². The van der Waals surface area contributed by atoms with E-state index in [0.29, 0.717) is 6.54 Å². The summed E-state index contributed by atoms with van der Waals surface area (Å²) in [5.41, 5.74) is 2.97. The minimum Gasteiger partial charge on any atom is -0.334 e. The lowest BCUT2D eigenvalue weighted by atomic mass is 10.2. The van der Waals surface area contributed by atoms with Crippen LogP contribution in [-0.4, -0.2) is 36.4 Å². The van der Waals surface area contributed by atoms with Gasteiger partial charge < -0.3 is 4.90 Å². The fourth-order valence-electron chi connectivity index (χ4n) is 2.65. The molecule has 1 amide bonds. The number of carbonyl (C=O) groups excluding carboxylic acids is 1. The minimum absolute atomic E-state index is 0.0741. The fourth-order valence-corrected chi connectivity index (χ4v) is 2.65. The second-order valence-corrected chi connectivity index (χ2v) is 6.13. The topological polar surface area (TPSA) is 56.0 Å². The number of hydrogen-bond acceptors (Lipinski definition) is 3. The molecular formula is C16H25N5O. The molecule has 0 N–H and O–H groups in total. The first-order valence-corrected chi connectivity index (χ1v) is 7.60. The van der Waals surface area contributed by atoms with Crippen molar-refractivity contribution in [2.45, 2.75) is 53.2 Å². The van der Waals surface area contributed by atoms with Crippen LogP contribution in [0.25, 0.3) is 0 Å². The fraction of sp³-hybridized carbons (Fsp3) is 0.562. The maximum absolute atomic E-state index is 12.9. The van der Waals surface area contributed by atoms with Crippen molar-refractivity contribution in [1.29, 1.82) is 0 Å². The molecule has 2 heterocycles. The van der Waals surface area contributed by atoms with Gasteiger partial charge in [0.2, 0.25) is 5.91 Å². The molecule has 0 bridgehead atoms. The summed E-state index contributed by atoms with van der Waals surface area (Å²) >= 11 is 0. The average molecular weight is 303 g/mol. The van der Waals surface area contributed by atoms with Crippen LogP contribution >= 0.6 is 0 Å². The van der Waals surface area contributed by atoms with Gasteiger partial charge in [0.25, 0.3) is 0 Å². The van der Waals surface area contributed by atoms with E-state index in [4.69, 9.17) is 0 Å². The van der Waals surface area contributed by atoms with Crippen LogP contribution in [0.1, 0.15) is 43.8 Å². The smallest absolute Gasteiger partial charge is 0.247 e. The molecule has 0 fully saturated rings. The van der Waals surface area contributed by atoms with Gasteiger partial charge in [0.1, 0.15) is 6.04 Å². The van der Waals surface area contributed by atoms with E-state index >= 15 is 0 Å². The minimum atomic E-state index is -0.312. The second-order valence-electron chi connectivity index (χ2n) is 6.13. The van der Waals surface area contributed by atoms with Gasteiger partial charge in [0, 0.05) is 37.1 Å². The molecule has 120 valence electrons. The summed E-state index contributed by atoms with van der Waals surface area (Å²) in [6.45, 7) is 10.4. The SMILES string of the molecule is Cc1cc(C)n([C@H](C)C(=O)N(Cc2cnn(C)c2)C(C)C)n1. The molecule has 0 aliphatic rings. The number of rotatable bonds is 5. The summed E-state index contributed by atoms with van der Waals surface area (Å²) in [4.78, 5) is 14.8. The molecule has 6 nitrogen and oxygen atoms in total. The third-order valence-electron chi connectivity index (χ3n) is 3.79. The van der Waals surface area contributed by atoms with Crippen LogP contribution in [0, 0.1) is 13.8 Å². The maximum Gasteiger partial charge on any atom is 0.247 e. The first-order chi connectivity index (χ1) is 10.3. The van der Waals surface area contributed by atoms with Crippen LogP contribution in [-0.2, 0) is 18.4 Å². The van der Waals surface area contributed by atoms with Crippen molar-refractivity contribution in [3.05, 3.63) is 35.4 Å². The summed E-state index contributed by atoms with van der Waals surface area (Å²) in [5, 5.41) is 8.61. The molecule has 0 aromatic carbocycles. The lowest BCUT2D eigenvalue weighted by Crippen LogP contribution is -2.40. The highest BCUT2D eigenvalue weighted by Gasteiger charge is 2.26. The lowest BCUT2D eigenvalue weighted by molar-refractivity contribution is -0.137. The van der Waals surface area contributed by atoms with Gasteiger partial charge in [-0.25, -0.2) is 0 Å². The Balaban J connectivity index is 2.20. The lowest BCUT2D eigenvalue weighted by Gasteiger charge is -2.29. The molecule has 0 aliphatic carbocycles. The Kier molecular flexibility index (Phi) is 4.68. The Morgan fingerprint density at radius 1 is 1.32 bits per heavy atom. The molecule has 2 aromatic rings. The van der Waals surface area contributed by atoms with Crippen LogP contribution in [0.2, 0.25) is 0 Å². The van der Waals surface area contributed by atoms with E-state index in [1.54, 1.807) is 15.6 Å². The van der Waals surface area contributed by atoms with E-state index < -0.39 is 0 Å². The van der Waals surface area contributed by atoms with E-state index in [1.807, 2.05) is 58.8 Å². The summed E-state index contributed by atoms with van der Waals surface area (Å²) < 4.78 is 3.55. The molecule has 1 atom stereocenters. The molecule has 0 spiro atoms. The molecule has 0 radical (unpaired) electrons. The first kappa shape index (κ1) is 16.3. The van der Waals surface area contributed by atoms with Crippen LogP contribution in [0.5, 0.6) is 0 Å². The Bertz CT molecular complexity index is 655. The third kappa shape index (κ3) is 3.37. The summed E-state index contributed by atoms with van der Waals surface area (Å²) in [6.07, 6.45) is 3.74. The first-order valence-electron chi connectivity index (χ1n) is 7.60. The number of hydrogen-bond donors (Lipinski definition) is 0. The van der Waals surface area contributed by atoms with Crippen molar-refractivity contribution >= 4 is 5.91 Å². The highest BCUT2D eigenvalue weighted by Crippen LogP contribution is 2.17. The molecular weight excluding hydrogens is 278 g/mol. The Morgan fingerprint density at radius 3 is 2.45 bits per heavy atom. The van der Waals surface area contributed by atoms with E-state index in [2.05, 4.69) is 10.2 Å². The zero-order valence-electron chi connectivity index (χ0n) is 14.2. The number of aromatic nitrogens is 4. The van der Waals surface area contributed by atoms with E-state index in [1.165, 1.54) is 0 Å². The third-order valence-corrected chi connectivity index (χ3v) is 3.79. The normalized spacial score (nSPS) is 12.7. The quantitative estimate of drug-likeness (QED) is 0.851. The maximum atomic E-state index is 12.9. The molecule has 0 saturated carbocycles. The predicted octanol–water partition coefficient (Wildman–Crippen LogP) is 2.23. The van der Waals surface area contributed by atoms with Crippen molar-refractivity contribution in [2.75, 3.05) is 0 Å². The van der Waals surface area contributed by atoms with Gasteiger partial charge in [0.15, 0.2) is 0 Å². The largest absolute Gasteiger partial charge is 0.334 e. The molecule has 2 rings (SSSR count). The molecule has 0 aliphatic heterocycles. The van der Waals surface area contributed by atoms with Crippen LogP contribution in [0.3, 0.4) is 0 Å². The number of carbonyl (C=O) groups is 1. The van der Waals surface area contributed by atoms with Crippen molar-refractivity contribution < 1.29 is 4.79 Å². The Hall–Kier alpha value is -2.11. The van der Waals surface area contributed by atoms with Gasteiger partial charge in [-0.05, 0) is 40.7 Å². The Morgan fingerprint density at radius 2 is 2.00 bits per heavy atom. The van der Waals surface area contributed by atoms with Crippen molar-refractivity contribution in [2.24, 2.45) is 7.05 Å². The molecule has 22 heavy (non-hydrogen) atoms. The van der Waals surface area contributed by atoms with E-state index in [0.717, 1.165) is 17.0 Å². The van der Waals surface area contributed by atoms with Gasteiger partial charge in [0.05, 0.1) is 11.9 Å². The molecule has 0 unspecified atom stereocenters. The Labute approximate surface area is 131 Å². The van der Waals surface area contributed by atoms with Crippen LogP contribution in [0.15, 0.2) is 18.5 Å². The number of nitrogens with zero attached hydrogens (tertiary/aromatic N) is 5. The van der Waals surface area contributed by atoms with Crippen molar-refractivity contribution in [3.8, 4) is 0 Å². The zero-order chi connectivity index (χ0) is 16.4. The van der Waals surface area contributed by atoms with Gasteiger partial charge in [-0.2, -0.15) is 10.2 Å². The average Bonchev–Trinajstić information content (AvgIpc) is 2.99. The van der Waals surface area contributed by atoms with Crippen molar-refractivity contribution in [3.63, 3.8) is 0 Å². The predicted molar refractivity (Wildman–Crippen MR) is 85.3 cm³/mol. The highest BCUT2D eigenvalue weighted by molar-refractivity contribution is 5.80. The molecule has 2 aromatic heterocycles. The highest BCUT2D eigenvalue weighted by atomic mass is 16.2. The van der Waals surface area contributed by atoms with Crippen molar-refractivity contribution in [1.82, 2.24) is 24.5 Å². The van der Waals surface area contributed by atoms with Crippen LogP contribution in [0.4, 0.5) is 0 Å². The molecule has 0 saturated heterocycles. The van der Waals surface area contributed by atoms with E-state index in [-0.39, 0.29) is 18.0 Å². The van der Waals surface area contributed by atoms with E-state index in [9.17, 15) is 4.79 Å². The summed E-state index contributed by atoms with van der Waals surface area (Å²) in [7, 11) is 1.88. The van der Waals surface area contributed by atoms with Gasteiger partial charge in [-0.3, -0.25) is 14.2 Å². The number of amides is 1. The molecule has 6 heteroatoms. The van der Waals surface area contributed by atoms with Crippen LogP contribution < -0.4 is 0 Å². The standard InChI is InChI=1S/C16H25N5O/c1-11(2)20(10-15-8-17-19(6)9-15)16(22)14(5)21-13(4)7-12(3)18-21/h7-9,11,14H,10H2,1-6H3/t14-/m1/s1. The zero-order valence-corrected chi connectivity index (χ0v) is 14.2. The van der Waals surface area contributed by atoms with Gasteiger partial charge in [-0.15, -0.1) is 0 Å².